The van der Waals surface area contributed by atoms with Crippen molar-refractivity contribution in [1.29, 1.82) is 0 Å². The molecule has 0 aromatic rings. The highest BCUT2D eigenvalue weighted by atomic mass is 19.4. The summed E-state index contributed by atoms with van der Waals surface area (Å²) in [6, 6.07) is -1.48. The fourth-order valence-electron chi connectivity index (χ4n) is 0.698. The Kier molecular flexibility index (Phi) is 4.21. The van der Waals surface area contributed by atoms with Gasteiger partial charge in [0.1, 0.15) is 6.04 Å². The molecule has 0 heterocycles. The van der Waals surface area contributed by atoms with E-state index < -0.39 is 30.0 Å². The standard InChI is InChI=1S/C7H9F5N2O2/c1-3(4(15)13-2)14-5(16)6(8,9)7(10,11)12/h3H,1-2H3,(H,13,15)(H,14,16). The Morgan fingerprint density at radius 2 is 1.56 bits per heavy atom. The average Bonchev–Trinajstić information content (AvgIpc) is 2.14. The number of halogens is 5. The molecule has 9 heteroatoms. The van der Waals surface area contributed by atoms with Gasteiger partial charge in [0, 0.05) is 7.05 Å². The van der Waals surface area contributed by atoms with E-state index in [1.165, 1.54) is 5.32 Å². The van der Waals surface area contributed by atoms with Crippen LogP contribution in [0.5, 0.6) is 0 Å². The highest BCUT2D eigenvalue weighted by Gasteiger charge is 2.63. The van der Waals surface area contributed by atoms with E-state index in [1.807, 2.05) is 5.32 Å². The lowest BCUT2D eigenvalue weighted by Crippen LogP contribution is -2.55. The normalized spacial score (nSPS) is 14.2. The molecule has 0 spiro atoms. The van der Waals surface area contributed by atoms with E-state index in [2.05, 4.69) is 0 Å². The molecule has 0 aliphatic heterocycles. The summed E-state index contributed by atoms with van der Waals surface area (Å²) in [5, 5.41) is 3.24. The van der Waals surface area contributed by atoms with E-state index in [0.717, 1.165) is 14.0 Å². The molecule has 0 bridgehead atoms. The number of alkyl halides is 5. The van der Waals surface area contributed by atoms with Gasteiger partial charge in [0.05, 0.1) is 0 Å². The maximum Gasteiger partial charge on any atom is 0.463 e. The number of rotatable bonds is 3. The van der Waals surface area contributed by atoms with E-state index in [4.69, 9.17) is 0 Å². The van der Waals surface area contributed by atoms with Gasteiger partial charge in [-0.2, -0.15) is 22.0 Å². The van der Waals surface area contributed by atoms with Crippen LogP contribution >= 0.6 is 0 Å². The molecule has 0 aromatic carbocycles. The minimum atomic E-state index is -5.99. The van der Waals surface area contributed by atoms with Crippen LogP contribution in [0.2, 0.25) is 0 Å². The SMILES string of the molecule is CNC(=O)C(C)NC(=O)C(F)(F)C(F)(F)F. The summed E-state index contributed by atoms with van der Waals surface area (Å²) >= 11 is 0. The second kappa shape index (κ2) is 4.62. The van der Waals surface area contributed by atoms with Crippen molar-refractivity contribution in [3.05, 3.63) is 0 Å². The summed E-state index contributed by atoms with van der Waals surface area (Å²) in [5.41, 5.74) is 0. The van der Waals surface area contributed by atoms with Crippen molar-refractivity contribution in [2.24, 2.45) is 0 Å². The number of hydrogen-bond acceptors (Lipinski definition) is 2. The first-order chi connectivity index (χ1) is 7.04. The van der Waals surface area contributed by atoms with Crippen LogP contribution in [0.4, 0.5) is 22.0 Å². The number of amides is 2. The molecule has 4 nitrogen and oxygen atoms in total. The quantitative estimate of drug-likeness (QED) is 0.712. The third-order valence-corrected chi connectivity index (χ3v) is 1.63. The van der Waals surface area contributed by atoms with Gasteiger partial charge >= 0.3 is 18.0 Å². The van der Waals surface area contributed by atoms with Gasteiger partial charge in [-0.25, -0.2) is 0 Å². The summed E-state index contributed by atoms with van der Waals surface area (Å²) in [6.45, 7) is 0.975. The summed E-state index contributed by atoms with van der Waals surface area (Å²) in [5.74, 6) is -8.96. The van der Waals surface area contributed by atoms with Crippen LogP contribution in [-0.4, -0.2) is 37.0 Å². The van der Waals surface area contributed by atoms with Crippen LogP contribution in [0.25, 0.3) is 0 Å². The molecular weight excluding hydrogens is 239 g/mol. The van der Waals surface area contributed by atoms with E-state index in [9.17, 15) is 31.5 Å². The van der Waals surface area contributed by atoms with Crippen molar-refractivity contribution >= 4 is 11.8 Å². The molecule has 0 aromatic heterocycles. The molecule has 0 saturated heterocycles. The maximum absolute atomic E-state index is 12.4. The molecule has 0 fully saturated rings. The van der Waals surface area contributed by atoms with Crippen molar-refractivity contribution in [2.45, 2.75) is 25.1 Å². The van der Waals surface area contributed by atoms with Crippen molar-refractivity contribution in [3.8, 4) is 0 Å². The zero-order chi connectivity index (χ0) is 13.1. The van der Waals surface area contributed by atoms with Gasteiger partial charge < -0.3 is 10.6 Å². The van der Waals surface area contributed by atoms with E-state index >= 15 is 0 Å². The molecule has 1 atom stereocenters. The predicted octanol–water partition coefficient (Wildman–Crippen LogP) is 0.435. The van der Waals surface area contributed by atoms with Crippen molar-refractivity contribution in [2.75, 3.05) is 7.05 Å². The first kappa shape index (κ1) is 14.6. The molecule has 94 valence electrons. The Balaban J connectivity index is 4.66. The van der Waals surface area contributed by atoms with Gasteiger partial charge in [0.15, 0.2) is 0 Å². The molecule has 0 radical (unpaired) electrons. The lowest BCUT2D eigenvalue weighted by atomic mass is 10.2. The van der Waals surface area contributed by atoms with E-state index in [1.54, 1.807) is 0 Å². The van der Waals surface area contributed by atoms with E-state index in [-0.39, 0.29) is 0 Å². The Morgan fingerprint density at radius 3 is 1.88 bits per heavy atom. The van der Waals surface area contributed by atoms with Gasteiger partial charge in [-0.15, -0.1) is 0 Å². The minimum Gasteiger partial charge on any atom is -0.357 e. The first-order valence-electron chi connectivity index (χ1n) is 4.01. The summed E-state index contributed by atoms with van der Waals surface area (Å²) in [6.07, 6.45) is -5.99. The first-order valence-corrected chi connectivity index (χ1v) is 4.01. The fraction of sp³-hybridized carbons (Fsp3) is 0.714. The molecule has 0 rings (SSSR count). The third-order valence-electron chi connectivity index (χ3n) is 1.63. The molecule has 16 heavy (non-hydrogen) atoms. The monoisotopic (exact) mass is 248 g/mol. The fourth-order valence-corrected chi connectivity index (χ4v) is 0.698. The number of hydrogen-bond donors (Lipinski definition) is 2. The van der Waals surface area contributed by atoms with Gasteiger partial charge in [-0.3, -0.25) is 9.59 Å². The van der Waals surface area contributed by atoms with Gasteiger partial charge in [0.25, 0.3) is 0 Å². The Morgan fingerprint density at radius 1 is 1.12 bits per heavy atom. The number of nitrogens with one attached hydrogen (secondary N) is 2. The van der Waals surface area contributed by atoms with Gasteiger partial charge in [-0.05, 0) is 6.92 Å². The smallest absolute Gasteiger partial charge is 0.357 e. The Bertz CT molecular complexity index is 289. The van der Waals surface area contributed by atoms with Crippen molar-refractivity contribution < 1.29 is 31.5 Å². The zero-order valence-electron chi connectivity index (χ0n) is 8.28. The van der Waals surface area contributed by atoms with Crippen molar-refractivity contribution in [3.63, 3.8) is 0 Å². The van der Waals surface area contributed by atoms with Gasteiger partial charge in [0.2, 0.25) is 5.91 Å². The van der Waals surface area contributed by atoms with E-state index in [0.29, 0.717) is 0 Å². The Labute approximate surface area is 87.2 Å². The highest BCUT2D eigenvalue weighted by molar-refractivity contribution is 5.90. The second-order valence-corrected chi connectivity index (χ2v) is 2.88. The highest BCUT2D eigenvalue weighted by Crippen LogP contribution is 2.35. The molecule has 2 N–H and O–H groups in total. The van der Waals surface area contributed by atoms with Crippen LogP contribution in [0.15, 0.2) is 0 Å². The second-order valence-electron chi connectivity index (χ2n) is 2.88. The largest absolute Gasteiger partial charge is 0.463 e. The number of carbonyl (C=O) groups is 2. The minimum absolute atomic E-state index is 0.883. The molecule has 1 unspecified atom stereocenters. The van der Waals surface area contributed by atoms with Crippen LogP contribution in [0.3, 0.4) is 0 Å². The van der Waals surface area contributed by atoms with Crippen LogP contribution in [0, 0.1) is 0 Å². The molecule has 0 saturated carbocycles. The number of carbonyl (C=O) groups excluding carboxylic acids is 2. The van der Waals surface area contributed by atoms with Crippen LogP contribution in [0.1, 0.15) is 6.92 Å². The zero-order valence-corrected chi connectivity index (χ0v) is 8.28. The topological polar surface area (TPSA) is 58.2 Å². The predicted molar refractivity (Wildman–Crippen MR) is 42.7 cm³/mol. The van der Waals surface area contributed by atoms with Crippen LogP contribution in [-0.2, 0) is 9.59 Å². The lowest BCUT2D eigenvalue weighted by Gasteiger charge is -2.20. The van der Waals surface area contributed by atoms with Gasteiger partial charge in [-0.1, -0.05) is 0 Å². The maximum atomic E-state index is 12.4. The summed E-state index contributed by atoms with van der Waals surface area (Å²) < 4.78 is 59.9. The third kappa shape index (κ3) is 3.04. The molecule has 0 aliphatic rings. The average molecular weight is 248 g/mol. The van der Waals surface area contributed by atoms with Crippen LogP contribution < -0.4 is 10.6 Å². The summed E-state index contributed by atoms with van der Waals surface area (Å²) in [4.78, 5) is 21.4. The summed E-state index contributed by atoms with van der Waals surface area (Å²) in [7, 11) is 1.15. The molecular formula is C7H9F5N2O2. The Hall–Kier alpha value is -1.41. The molecule has 2 amide bonds. The van der Waals surface area contributed by atoms with Crippen molar-refractivity contribution in [1.82, 2.24) is 10.6 Å². The molecule has 0 aliphatic carbocycles. The number of likely N-dealkylation sites (N-methyl/N-ethyl adjacent to an activating group) is 1. The lowest BCUT2D eigenvalue weighted by molar-refractivity contribution is -0.270.